The van der Waals surface area contributed by atoms with Gasteiger partial charge < -0.3 is 4.74 Å². The first-order valence-electron chi connectivity index (χ1n) is 5.58. The molecule has 0 amide bonds. The molecule has 0 fully saturated rings. The zero-order chi connectivity index (χ0) is 15.6. The van der Waals surface area contributed by atoms with Crippen molar-refractivity contribution >= 4 is 17.3 Å². The number of benzene rings is 2. The van der Waals surface area contributed by atoms with Gasteiger partial charge in [-0.2, -0.15) is 4.39 Å². The van der Waals surface area contributed by atoms with E-state index in [-0.39, 0.29) is 17.2 Å². The van der Waals surface area contributed by atoms with E-state index in [1.165, 1.54) is 12.1 Å². The molecule has 8 heteroatoms. The molecule has 0 saturated heterocycles. The van der Waals surface area contributed by atoms with E-state index < -0.39 is 33.8 Å². The summed E-state index contributed by atoms with van der Waals surface area (Å²) in [6.45, 7) is 0. The maximum Gasteiger partial charge on any atom is 0.307 e. The molecule has 0 heterocycles. The first-order valence-corrected chi connectivity index (χ1v) is 6.12. The second-order valence-corrected chi connectivity index (χ2v) is 4.21. The summed E-state index contributed by atoms with van der Waals surface area (Å²) in [4.78, 5) is 9.42. The summed E-state index contributed by atoms with van der Waals surface area (Å²) in [5.74, 6) is -4.01. The highest BCUT2D eigenvalue weighted by Crippen LogP contribution is 2.33. The van der Waals surface area contributed by atoms with Crippen molar-refractivity contribution in [1.29, 1.82) is 0 Å². The zero-order valence-corrected chi connectivity index (χ0v) is 11.0. The van der Waals surface area contributed by atoms with E-state index in [9.17, 15) is 23.3 Å². The number of nitro benzene ring substituents is 1. The highest BCUT2D eigenvalue weighted by molar-refractivity contribution is 6.17. The number of rotatable bonds is 4. The summed E-state index contributed by atoms with van der Waals surface area (Å²) in [7, 11) is 0. The van der Waals surface area contributed by atoms with Gasteiger partial charge in [-0.25, -0.2) is 8.78 Å². The third-order valence-corrected chi connectivity index (χ3v) is 2.89. The molecule has 0 aliphatic heterocycles. The molecule has 4 nitrogen and oxygen atoms in total. The average Bonchev–Trinajstić information content (AvgIpc) is 2.42. The molecule has 0 spiro atoms. The van der Waals surface area contributed by atoms with Gasteiger partial charge in [0.25, 0.3) is 0 Å². The van der Waals surface area contributed by atoms with E-state index in [1.54, 1.807) is 0 Å². The van der Waals surface area contributed by atoms with E-state index in [4.69, 9.17) is 16.3 Å². The van der Waals surface area contributed by atoms with Crippen molar-refractivity contribution < 1.29 is 22.8 Å². The number of ether oxygens (including phenoxy) is 1. The molecule has 0 atom stereocenters. The van der Waals surface area contributed by atoms with Gasteiger partial charge in [0.15, 0.2) is 11.6 Å². The number of nitrogens with zero attached hydrogens (tertiary/aromatic N) is 1. The van der Waals surface area contributed by atoms with Gasteiger partial charge in [0.05, 0.1) is 16.9 Å². The Morgan fingerprint density at radius 2 is 1.81 bits per heavy atom. The molecular formula is C13H7ClF3NO3. The molecule has 0 aliphatic carbocycles. The molecule has 2 aromatic carbocycles. The molecule has 0 N–H and O–H groups in total. The third-order valence-electron chi connectivity index (χ3n) is 2.63. The number of halogens is 4. The van der Waals surface area contributed by atoms with Gasteiger partial charge in [0, 0.05) is 11.6 Å². The lowest BCUT2D eigenvalue weighted by Gasteiger charge is -2.11. The van der Waals surface area contributed by atoms with Crippen molar-refractivity contribution in [1.82, 2.24) is 0 Å². The van der Waals surface area contributed by atoms with Gasteiger partial charge >= 0.3 is 5.69 Å². The van der Waals surface area contributed by atoms with Gasteiger partial charge in [-0.3, -0.25) is 10.1 Å². The van der Waals surface area contributed by atoms with E-state index in [0.717, 1.165) is 6.07 Å². The van der Waals surface area contributed by atoms with Crippen molar-refractivity contribution in [2.45, 2.75) is 5.88 Å². The monoisotopic (exact) mass is 317 g/mol. The van der Waals surface area contributed by atoms with E-state index in [1.807, 2.05) is 0 Å². The molecule has 2 aromatic rings. The largest absolute Gasteiger partial charge is 0.454 e. The Kier molecular flexibility index (Phi) is 4.32. The van der Waals surface area contributed by atoms with Gasteiger partial charge in [0.2, 0.25) is 5.82 Å². The quantitative estimate of drug-likeness (QED) is 0.472. The molecule has 110 valence electrons. The minimum absolute atomic E-state index is 0.0303. The standard InChI is InChI=1S/C13H7ClF3NO3/c14-6-7-8(15)2-1-3-12(7)21-13-5-9(16)11(18(19)20)4-10(13)17/h1-5H,6H2. The second-order valence-electron chi connectivity index (χ2n) is 3.94. The van der Waals surface area contributed by atoms with Crippen LogP contribution in [0.3, 0.4) is 0 Å². The Morgan fingerprint density at radius 3 is 2.43 bits per heavy atom. The third kappa shape index (κ3) is 3.08. The summed E-state index contributed by atoms with van der Waals surface area (Å²) >= 11 is 5.56. The maximum atomic E-state index is 13.7. The van der Waals surface area contributed by atoms with Crippen molar-refractivity contribution in [3.05, 3.63) is 63.5 Å². The number of hydrogen-bond donors (Lipinski definition) is 0. The molecule has 21 heavy (non-hydrogen) atoms. The van der Waals surface area contributed by atoms with Gasteiger partial charge in [0.1, 0.15) is 11.6 Å². The normalized spacial score (nSPS) is 10.5. The highest BCUT2D eigenvalue weighted by Gasteiger charge is 2.20. The van der Waals surface area contributed by atoms with Crippen molar-refractivity contribution in [2.75, 3.05) is 0 Å². The topological polar surface area (TPSA) is 52.4 Å². The predicted molar refractivity (Wildman–Crippen MR) is 69.0 cm³/mol. The average molecular weight is 318 g/mol. The number of nitro groups is 1. The lowest BCUT2D eigenvalue weighted by atomic mass is 10.2. The van der Waals surface area contributed by atoms with Crippen LogP contribution in [0, 0.1) is 27.6 Å². The van der Waals surface area contributed by atoms with Crippen LogP contribution in [0.5, 0.6) is 11.5 Å². The second kappa shape index (κ2) is 6.01. The Labute approximate surface area is 121 Å². The summed E-state index contributed by atoms with van der Waals surface area (Å²) < 4.78 is 45.7. The lowest BCUT2D eigenvalue weighted by Crippen LogP contribution is -1.98. The first kappa shape index (κ1) is 15.1. The minimum Gasteiger partial charge on any atom is -0.454 e. The summed E-state index contributed by atoms with van der Waals surface area (Å²) in [5, 5.41) is 10.5. The molecule has 0 aliphatic rings. The van der Waals surface area contributed by atoms with Gasteiger partial charge in [-0.05, 0) is 12.1 Å². The summed E-state index contributed by atoms with van der Waals surface area (Å²) in [5.41, 5.74) is -1.05. The first-order chi connectivity index (χ1) is 9.93. The SMILES string of the molecule is O=[N+]([O-])c1cc(F)c(Oc2cccc(F)c2CCl)cc1F. The zero-order valence-electron chi connectivity index (χ0n) is 10.3. The Morgan fingerprint density at radius 1 is 1.10 bits per heavy atom. The molecule has 0 aromatic heterocycles. The summed E-state index contributed by atoms with van der Waals surface area (Å²) in [6.07, 6.45) is 0. The number of alkyl halides is 1. The van der Waals surface area contributed by atoms with Crippen LogP contribution >= 0.6 is 11.6 Å². The summed E-state index contributed by atoms with van der Waals surface area (Å²) in [6, 6.07) is 4.68. The van der Waals surface area contributed by atoms with Crippen LogP contribution in [0.1, 0.15) is 5.56 Å². The van der Waals surface area contributed by atoms with Crippen LogP contribution in [0.25, 0.3) is 0 Å². The maximum absolute atomic E-state index is 13.7. The van der Waals surface area contributed by atoms with E-state index >= 15 is 0 Å². The van der Waals surface area contributed by atoms with E-state index in [0.29, 0.717) is 12.1 Å². The van der Waals surface area contributed by atoms with Crippen molar-refractivity contribution in [3.8, 4) is 11.5 Å². The fourth-order valence-corrected chi connectivity index (χ4v) is 1.88. The fraction of sp³-hybridized carbons (Fsp3) is 0.0769. The number of hydrogen-bond acceptors (Lipinski definition) is 3. The van der Waals surface area contributed by atoms with Crippen LogP contribution in [0.2, 0.25) is 0 Å². The van der Waals surface area contributed by atoms with Crippen molar-refractivity contribution in [2.24, 2.45) is 0 Å². The van der Waals surface area contributed by atoms with Crippen LogP contribution < -0.4 is 4.74 Å². The highest BCUT2D eigenvalue weighted by atomic mass is 35.5. The van der Waals surface area contributed by atoms with Crippen LogP contribution in [-0.2, 0) is 5.88 Å². The Bertz CT molecular complexity index is 709. The van der Waals surface area contributed by atoms with Crippen molar-refractivity contribution in [3.63, 3.8) is 0 Å². The molecular weight excluding hydrogens is 311 g/mol. The Hall–Kier alpha value is -2.28. The van der Waals surface area contributed by atoms with Crippen LogP contribution in [0.4, 0.5) is 18.9 Å². The lowest BCUT2D eigenvalue weighted by molar-refractivity contribution is -0.387. The molecule has 0 radical (unpaired) electrons. The van der Waals surface area contributed by atoms with Gasteiger partial charge in [-0.1, -0.05) is 6.07 Å². The van der Waals surface area contributed by atoms with E-state index in [2.05, 4.69) is 0 Å². The smallest absolute Gasteiger partial charge is 0.307 e. The molecule has 0 saturated carbocycles. The molecule has 0 unspecified atom stereocenters. The fourth-order valence-electron chi connectivity index (χ4n) is 1.62. The van der Waals surface area contributed by atoms with Crippen LogP contribution in [0.15, 0.2) is 30.3 Å². The van der Waals surface area contributed by atoms with Crippen LogP contribution in [-0.4, -0.2) is 4.92 Å². The minimum atomic E-state index is -1.26. The Balaban J connectivity index is 2.43. The predicted octanol–water partition coefficient (Wildman–Crippen LogP) is 4.54. The molecule has 2 rings (SSSR count). The van der Waals surface area contributed by atoms with Gasteiger partial charge in [-0.15, -0.1) is 11.6 Å². The molecule has 0 bridgehead atoms.